The first-order valence-corrected chi connectivity index (χ1v) is 6.79. The molecule has 0 spiro atoms. The number of aromatic amines is 1. The Balaban J connectivity index is 1.69. The van der Waals surface area contributed by atoms with Gasteiger partial charge in [0.1, 0.15) is 0 Å². The molecule has 1 unspecified atom stereocenters. The number of aromatic nitrogens is 2. The quantitative estimate of drug-likeness (QED) is 0.802. The second kappa shape index (κ2) is 5.00. The van der Waals surface area contributed by atoms with Crippen molar-refractivity contribution in [3.8, 4) is 0 Å². The van der Waals surface area contributed by atoms with Crippen molar-refractivity contribution >= 4 is 17.3 Å². The molecule has 3 N–H and O–H groups in total. The first-order valence-electron chi connectivity index (χ1n) is 6.79. The van der Waals surface area contributed by atoms with Crippen LogP contribution in [0, 0.1) is 13.8 Å². The molecule has 2 heterocycles. The second-order valence-corrected chi connectivity index (χ2v) is 5.23. The summed E-state index contributed by atoms with van der Waals surface area (Å²) >= 11 is 0. The SMILES string of the molecule is Cc1n[nH]c(C)c1NC(=O)CC1CNc2ccccc21. The molecular formula is C15H18N4O. The Morgan fingerprint density at radius 2 is 2.20 bits per heavy atom. The highest BCUT2D eigenvalue weighted by atomic mass is 16.1. The highest BCUT2D eigenvalue weighted by Crippen LogP contribution is 2.33. The molecule has 1 aromatic carbocycles. The van der Waals surface area contributed by atoms with Crippen molar-refractivity contribution < 1.29 is 4.79 Å². The number of carbonyl (C=O) groups is 1. The van der Waals surface area contributed by atoms with Gasteiger partial charge in [-0.15, -0.1) is 0 Å². The molecule has 1 amide bonds. The Hall–Kier alpha value is -2.30. The molecule has 1 aromatic heterocycles. The van der Waals surface area contributed by atoms with Gasteiger partial charge in [0.05, 0.1) is 17.1 Å². The molecule has 0 aliphatic carbocycles. The van der Waals surface area contributed by atoms with E-state index in [-0.39, 0.29) is 11.8 Å². The number of rotatable bonds is 3. The number of hydrogen-bond acceptors (Lipinski definition) is 3. The number of carbonyl (C=O) groups excluding carboxylic acids is 1. The van der Waals surface area contributed by atoms with E-state index in [4.69, 9.17) is 0 Å². The van der Waals surface area contributed by atoms with Crippen LogP contribution in [0.5, 0.6) is 0 Å². The zero-order valence-electron chi connectivity index (χ0n) is 11.7. The average Bonchev–Trinajstić information content (AvgIpc) is 2.98. The Bertz CT molecular complexity index is 628. The van der Waals surface area contributed by atoms with E-state index < -0.39 is 0 Å². The summed E-state index contributed by atoms with van der Waals surface area (Å²) in [6.45, 7) is 4.60. The number of aryl methyl sites for hydroxylation is 2. The van der Waals surface area contributed by atoms with Crippen molar-refractivity contribution in [2.24, 2.45) is 0 Å². The normalized spacial score (nSPS) is 16.6. The van der Waals surface area contributed by atoms with E-state index in [0.29, 0.717) is 6.42 Å². The summed E-state index contributed by atoms with van der Waals surface area (Å²) in [5.41, 5.74) is 4.88. The Morgan fingerprint density at radius 1 is 1.40 bits per heavy atom. The van der Waals surface area contributed by atoms with Gasteiger partial charge in [-0.1, -0.05) is 18.2 Å². The van der Waals surface area contributed by atoms with Crippen LogP contribution in [-0.4, -0.2) is 22.6 Å². The Kier molecular flexibility index (Phi) is 3.18. The van der Waals surface area contributed by atoms with Crippen molar-refractivity contribution in [1.82, 2.24) is 10.2 Å². The minimum Gasteiger partial charge on any atom is -0.384 e. The Labute approximate surface area is 117 Å². The largest absolute Gasteiger partial charge is 0.384 e. The third-order valence-electron chi connectivity index (χ3n) is 3.76. The van der Waals surface area contributed by atoms with Crippen LogP contribution in [0.25, 0.3) is 0 Å². The lowest BCUT2D eigenvalue weighted by atomic mass is 9.97. The maximum absolute atomic E-state index is 12.2. The van der Waals surface area contributed by atoms with Crippen molar-refractivity contribution in [2.45, 2.75) is 26.2 Å². The van der Waals surface area contributed by atoms with Gasteiger partial charge in [0.2, 0.25) is 5.91 Å². The molecule has 5 nitrogen and oxygen atoms in total. The maximum atomic E-state index is 12.2. The number of nitrogens with one attached hydrogen (secondary N) is 3. The molecule has 0 radical (unpaired) electrons. The van der Waals surface area contributed by atoms with Crippen molar-refractivity contribution in [2.75, 3.05) is 17.2 Å². The van der Waals surface area contributed by atoms with Gasteiger partial charge < -0.3 is 10.6 Å². The first-order chi connectivity index (χ1) is 9.65. The number of amides is 1. The summed E-state index contributed by atoms with van der Waals surface area (Å²) in [6, 6.07) is 8.16. The fourth-order valence-corrected chi connectivity index (χ4v) is 2.69. The topological polar surface area (TPSA) is 69.8 Å². The van der Waals surface area contributed by atoms with Crippen molar-refractivity contribution in [3.63, 3.8) is 0 Å². The van der Waals surface area contributed by atoms with E-state index in [2.05, 4.69) is 33.0 Å². The van der Waals surface area contributed by atoms with Crippen LogP contribution in [-0.2, 0) is 4.79 Å². The van der Waals surface area contributed by atoms with Gasteiger partial charge in [0.15, 0.2) is 0 Å². The van der Waals surface area contributed by atoms with Gasteiger partial charge >= 0.3 is 0 Å². The molecule has 0 saturated heterocycles. The van der Waals surface area contributed by atoms with Crippen LogP contribution in [0.1, 0.15) is 29.3 Å². The average molecular weight is 270 g/mol. The van der Waals surface area contributed by atoms with E-state index in [1.807, 2.05) is 26.0 Å². The zero-order valence-corrected chi connectivity index (χ0v) is 11.7. The van der Waals surface area contributed by atoms with Gasteiger partial charge in [-0.25, -0.2) is 0 Å². The van der Waals surface area contributed by atoms with Crippen LogP contribution >= 0.6 is 0 Å². The number of benzene rings is 1. The van der Waals surface area contributed by atoms with Gasteiger partial charge in [0, 0.05) is 24.6 Å². The predicted octanol–water partition coefficient (Wildman–Crippen LogP) is 2.56. The van der Waals surface area contributed by atoms with Crippen molar-refractivity contribution in [3.05, 3.63) is 41.2 Å². The minimum absolute atomic E-state index is 0.0288. The molecule has 5 heteroatoms. The third kappa shape index (κ3) is 2.27. The van der Waals surface area contributed by atoms with Crippen LogP contribution in [0.2, 0.25) is 0 Å². The number of fused-ring (bicyclic) bond motifs is 1. The van der Waals surface area contributed by atoms with Gasteiger partial charge in [-0.2, -0.15) is 5.10 Å². The fourth-order valence-electron chi connectivity index (χ4n) is 2.69. The standard InChI is InChI=1S/C15H18N4O/c1-9-15(10(2)19-18-9)17-14(20)7-11-8-16-13-6-4-3-5-12(11)13/h3-6,11,16H,7-8H2,1-2H3,(H,17,20)(H,18,19). The van der Waals surface area contributed by atoms with E-state index in [1.165, 1.54) is 5.56 Å². The molecule has 0 saturated carbocycles. The third-order valence-corrected chi connectivity index (χ3v) is 3.76. The van der Waals surface area contributed by atoms with E-state index in [9.17, 15) is 4.79 Å². The van der Waals surface area contributed by atoms with Crippen LogP contribution in [0.4, 0.5) is 11.4 Å². The molecule has 0 fully saturated rings. The second-order valence-electron chi connectivity index (χ2n) is 5.23. The molecule has 1 aliphatic heterocycles. The summed E-state index contributed by atoms with van der Waals surface area (Å²) in [5.74, 6) is 0.264. The van der Waals surface area contributed by atoms with Gasteiger partial charge in [-0.05, 0) is 25.5 Å². The Morgan fingerprint density at radius 3 is 2.95 bits per heavy atom. The van der Waals surface area contributed by atoms with Crippen molar-refractivity contribution in [1.29, 1.82) is 0 Å². The summed E-state index contributed by atoms with van der Waals surface area (Å²) in [5, 5.41) is 13.3. The lowest BCUT2D eigenvalue weighted by Crippen LogP contribution is -2.17. The zero-order chi connectivity index (χ0) is 14.1. The number of anilines is 2. The molecule has 0 bridgehead atoms. The highest BCUT2D eigenvalue weighted by molar-refractivity contribution is 5.92. The van der Waals surface area contributed by atoms with E-state index in [0.717, 1.165) is 29.3 Å². The lowest BCUT2D eigenvalue weighted by molar-refractivity contribution is -0.116. The molecule has 1 atom stereocenters. The molecule has 1 aliphatic rings. The highest BCUT2D eigenvalue weighted by Gasteiger charge is 2.24. The molecule has 20 heavy (non-hydrogen) atoms. The summed E-state index contributed by atoms with van der Waals surface area (Å²) in [4.78, 5) is 12.2. The fraction of sp³-hybridized carbons (Fsp3) is 0.333. The smallest absolute Gasteiger partial charge is 0.225 e. The van der Waals surface area contributed by atoms with Crippen LogP contribution in [0.3, 0.4) is 0 Å². The lowest BCUT2D eigenvalue weighted by Gasteiger charge is -2.10. The summed E-state index contributed by atoms with van der Waals surface area (Å²) in [6.07, 6.45) is 0.480. The first kappa shape index (κ1) is 12.7. The van der Waals surface area contributed by atoms with Crippen LogP contribution < -0.4 is 10.6 Å². The monoisotopic (exact) mass is 270 g/mol. The number of H-pyrrole nitrogens is 1. The van der Waals surface area contributed by atoms with Gasteiger partial charge in [-0.3, -0.25) is 9.89 Å². The van der Waals surface area contributed by atoms with E-state index in [1.54, 1.807) is 0 Å². The van der Waals surface area contributed by atoms with Gasteiger partial charge in [0.25, 0.3) is 0 Å². The summed E-state index contributed by atoms with van der Waals surface area (Å²) < 4.78 is 0. The van der Waals surface area contributed by atoms with E-state index >= 15 is 0 Å². The maximum Gasteiger partial charge on any atom is 0.225 e. The molecule has 104 valence electrons. The predicted molar refractivity (Wildman–Crippen MR) is 79.0 cm³/mol. The molecule has 3 rings (SSSR count). The number of nitrogens with zero attached hydrogens (tertiary/aromatic N) is 1. The molecule has 2 aromatic rings. The summed E-state index contributed by atoms with van der Waals surface area (Å²) in [7, 11) is 0. The molecular weight excluding hydrogens is 252 g/mol. The number of para-hydroxylation sites is 1. The number of hydrogen-bond donors (Lipinski definition) is 3. The minimum atomic E-state index is 0.0288. The van der Waals surface area contributed by atoms with Crippen LogP contribution in [0.15, 0.2) is 24.3 Å².